The number of alkyl halides is 1. The lowest BCUT2D eigenvalue weighted by atomic mass is 10.2. The van der Waals surface area contributed by atoms with Crippen LogP contribution in [-0.2, 0) is 0 Å². The van der Waals surface area contributed by atoms with Gasteiger partial charge in [0.15, 0.2) is 0 Å². The van der Waals surface area contributed by atoms with Crippen molar-refractivity contribution in [2.45, 2.75) is 32.6 Å². The van der Waals surface area contributed by atoms with E-state index in [9.17, 15) is 4.79 Å². The molecular formula is C11H17BrN2O2. The maximum Gasteiger partial charge on any atom is 0.256 e. The van der Waals surface area contributed by atoms with E-state index in [0.29, 0.717) is 17.9 Å². The van der Waals surface area contributed by atoms with Crippen molar-refractivity contribution in [2.75, 3.05) is 11.9 Å². The van der Waals surface area contributed by atoms with Gasteiger partial charge in [-0.15, -0.1) is 0 Å². The number of carbonyl (C=O) groups is 1. The lowest BCUT2D eigenvalue weighted by Crippen LogP contribution is -2.24. The zero-order valence-electron chi connectivity index (χ0n) is 9.46. The van der Waals surface area contributed by atoms with Crippen LogP contribution in [-0.4, -0.2) is 22.9 Å². The van der Waals surface area contributed by atoms with Crippen molar-refractivity contribution in [1.82, 2.24) is 10.5 Å². The molecule has 0 atom stereocenters. The van der Waals surface area contributed by atoms with Gasteiger partial charge in [-0.25, -0.2) is 0 Å². The Morgan fingerprint density at radius 1 is 1.44 bits per heavy atom. The van der Waals surface area contributed by atoms with E-state index >= 15 is 0 Å². The molecule has 5 heteroatoms. The quantitative estimate of drug-likeness (QED) is 0.620. The fraction of sp³-hybridized carbons (Fsp3) is 0.636. The molecule has 0 spiro atoms. The summed E-state index contributed by atoms with van der Waals surface area (Å²) in [5, 5.41) is 7.48. The summed E-state index contributed by atoms with van der Waals surface area (Å²) in [5.41, 5.74) is 0.528. The van der Waals surface area contributed by atoms with Crippen molar-refractivity contribution in [3.05, 3.63) is 17.5 Å². The molecule has 0 unspecified atom stereocenters. The van der Waals surface area contributed by atoms with Crippen LogP contribution in [0, 0.1) is 6.92 Å². The minimum atomic E-state index is -0.0979. The van der Waals surface area contributed by atoms with Gasteiger partial charge in [-0.2, -0.15) is 0 Å². The van der Waals surface area contributed by atoms with Crippen LogP contribution in [0.15, 0.2) is 10.7 Å². The van der Waals surface area contributed by atoms with Crippen LogP contribution in [0.3, 0.4) is 0 Å². The third-order valence-electron chi connectivity index (χ3n) is 2.34. The van der Waals surface area contributed by atoms with Gasteiger partial charge in [0.25, 0.3) is 5.91 Å². The molecule has 0 aliphatic rings. The monoisotopic (exact) mass is 288 g/mol. The number of nitrogens with one attached hydrogen (secondary N) is 1. The Bertz CT molecular complexity index is 326. The first-order valence-corrected chi connectivity index (χ1v) is 6.63. The molecule has 16 heavy (non-hydrogen) atoms. The maximum absolute atomic E-state index is 11.6. The largest absolute Gasteiger partial charge is 0.361 e. The van der Waals surface area contributed by atoms with Crippen LogP contribution in [0.5, 0.6) is 0 Å². The number of unbranched alkanes of at least 4 members (excludes halogenated alkanes) is 3. The highest BCUT2D eigenvalue weighted by molar-refractivity contribution is 9.09. The maximum atomic E-state index is 11.6. The second kappa shape index (κ2) is 7.44. The number of aryl methyl sites for hydroxylation is 1. The average Bonchev–Trinajstić information content (AvgIpc) is 2.69. The second-order valence-corrected chi connectivity index (χ2v) is 4.45. The molecule has 0 bridgehead atoms. The smallest absolute Gasteiger partial charge is 0.256 e. The Kier molecular flexibility index (Phi) is 6.15. The van der Waals surface area contributed by atoms with Crippen LogP contribution in [0.2, 0.25) is 0 Å². The summed E-state index contributed by atoms with van der Waals surface area (Å²) in [6.45, 7) is 2.45. The summed E-state index contributed by atoms with van der Waals surface area (Å²) in [6.07, 6.45) is 6.01. The van der Waals surface area contributed by atoms with Gasteiger partial charge in [-0.1, -0.05) is 33.9 Å². The number of rotatable bonds is 7. The fourth-order valence-electron chi connectivity index (χ4n) is 1.39. The van der Waals surface area contributed by atoms with Crippen LogP contribution < -0.4 is 5.32 Å². The van der Waals surface area contributed by atoms with Gasteiger partial charge < -0.3 is 9.84 Å². The Balaban J connectivity index is 2.14. The highest BCUT2D eigenvalue weighted by atomic mass is 79.9. The van der Waals surface area contributed by atoms with Crippen LogP contribution in [0.25, 0.3) is 0 Å². The molecular weight excluding hydrogens is 272 g/mol. The molecule has 1 aromatic heterocycles. The first kappa shape index (κ1) is 13.2. The van der Waals surface area contributed by atoms with E-state index in [1.807, 2.05) is 0 Å². The van der Waals surface area contributed by atoms with Crippen LogP contribution >= 0.6 is 15.9 Å². The average molecular weight is 289 g/mol. The second-order valence-electron chi connectivity index (χ2n) is 3.65. The van der Waals surface area contributed by atoms with Gasteiger partial charge >= 0.3 is 0 Å². The van der Waals surface area contributed by atoms with Gasteiger partial charge in [0.1, 0.15) is 11.3 Å². The molecule has 1 aromatic rings. The van der Waals surface area contributed by atoms with Crippen molar-refractivity contribution in [3.8, 4) is 0 Å². The molecule has 0 fully saturated rings. The molecule has 1 heterocycles. The predicted octanol–water partition coefficient (Wildman–Crippen LogP) is 2.67. The molecule has 0 aliphatic heterocycles. The topological polar surface area (TPSA) is 55.1 Å². The van der Waals surface area contributed by atoms with Gasteiger partial charge in [-0.3, -0.25) is 4.79 Å². The van der Waals surface area contributed by atoms with Crippen molar-refractivity contribution >= 4 is 21.8 Å². The third-order valence-corrected chi connectivity index (χ3v) is 2.90. The fourth-order valence-corrected chi connectivity index (χ4v) is 1.78. The highest BCUT2D eigenvalue weighted by Gasteiger charge is 2.11. The molecule has 1 N–H and O–H groups in total. The summed E-state index contributed by atoms with van der Waals surface area (Å²) in [5.74, 6) is 0.469. The summed E-state index contributed by atoms with van der Waals surface area (Å²) in [7, 11) is 0. The number of hydrogen-bond donors (Lipinski definition) is 1. The summed E-state index contributed by atoms with van der Waals surface area (Å²) in [4.78, 5) is 11.6. The van der Waals surface area contributed by atoms with Crippen molar-refractivity contribution < 1.29 is 9.32 Å². The Hall–Kier alpha value is -0.840. The SMILES string of the molecule is Cc1oncc1C(=O)NCCCCCCBr. The van der Waals surface area contributed by atoms with E-state index in [1.165, 1.54) is 19.0 Å². The normalized spacial score (nSPS) is 10.4. The van der Waals surface area contributed by atoms with Crippen molar-refractivity contribution in [3.63, 3.8) is 0 Å². The van der Waals surface area contributed by atoms with E-state index in [4.69, 9.17) is 4.52 Å². The summed E-state index contributed by atoms with van der Waals surface area (Å²) in [6, 6.07) is 0. The Labute approximate surface area is 104 Å². The molecule has 90 valence electrons. The number of amides is 1. The first-order chi connectivity index (χ1) is 7.75. The minimum absolute atomic E-state index is 0.0979. The van der Waals surface area contributed by atoms with Gasteiger partial charge in [-0.05, 0) is 19.8 Å². The van der Waals surface area contributed by atoms with Gasteiger partial charge in [0.2, 0.25) is 0 Å². The van der Waals surface area contributed by atoms with Crippen molar-refractivity contribution in [1.29, 1.82) is 0 Å². The molecule has 0 aromatic carbocycles. The summed E-state index contributed by atoms with van der Waals surface area (Å²) >= 11 is 3.39. The van der Waals surface area contributed by atoms with E-state index < -0.39 is 0 Å². The Morgan fingerprint density at radius 2 is 2.19 bits per heavy atom. The molecule has 1 amide bonds. The van der Waals surface area contributed by atoms with E-state index in [2.05, 4.69) is 26.4 Å². The Morgan fingerprint density at radius 3 is 2.81 bits per heavy atom. The summed E-state index contributed by atoms with van der Waals surface area (Å²) < 4.78 is 4.83. The number of aromatic nitrogens is 1. The molecule has 1 rings (SSSR count). The lowest BCUT2D eigenvalue weighted by molar-refractivity contribution is 0.0951. The first-order valence-electron chi connectivity index (χ1n) is 5.51. The van der Waals surface area contributed by atoms with Crippen LogP contribution in [0.1, 0.15) is 41.8 Å². The van der Waals surface area contributed by atoms with E-state index in [1.54, 1.807) is 6.92 Å². The zero-order valence-corrected chi connectivity index (χ0v) is 11.0. The molecule has 0 saturated heterocycles. The zero-order chi connectivity index (χ0) is 11.8. The minimum Gasteiger partial charge on any atom is -0.361 e. The predicted molar refractivity (Wildman–Crippen MR) is 65.8 cm³/mol. The third kappa shape index (κ3) is 4.35. The van der Waals surface area contributed by atoms with E-state index in [-0.39, 0.29) is 5.91 Å². The van der Waals surface area contributed by atoms with Crippen LogP contribution in [0.4, 0.5) is 0 Å². The van der Waals surface area contributed by atoms with Gasteiger partial charge in [0.05, 0.1) is 6.20 Å². The highest BCUT2D eigenvalue weighted by Crippen LogP contribution is 2.05. The molecule has 4 nitrogen and oxygen atoms in total. The number of halogens is 1. The number of carbonyl (C=O) groups excluding carboxylic acids is 1. The van der Waals surface area contributed by atoms with E-state index in [0.717, 1.165) is 18.2 Å². The molecule has 0 saturated carbocycles. The lowest BCUT2D eigenvalue weighted by Gasteiger charge is -2.03. The van der Waals surface area contributed by atoms with Gasteiger partial charge in [0, 0.05) is 11.9 Å². The van der Waals surface area contributed by atoms with Crippen molar-refractivity contribution in [2.24, 2.45) is 0 Å². The molecule has 0 aliphatic carbocycles. The molecule has 0 radical (unpaired) electrons. The number of hydrogen-bond acceptors (Lipinski definition) is 3. The standard InChI is InChI=1S/C11H17BrN2O2/c1-9-10(8-14-16-9)11(15)13-7-5-3-2-4-6-12/h8H,2-7H2,1H3,(H,13,15). The number of nitrogens with zero attached hydrogens (tertiary/aromatic N) is 1.